The molecule has 1 saturated carbocycles. The average Bonchev–Trinajstić information content (AvgIpc) is 2.62. The van der Waals surface area contributed by atoms with E-state index in [0.717, 1.165) is 57.7 Å². The van der Waals surface area contributed by atoms with Crippen LogP contribution in [0.2, 0.25) is 0 Å². The zero-order valence-corrected chi connectivity index (χ0v) is 15.4. The number of hydrogen-bond acceptors (Lipinski definition) is 7. The Morgan fingerprint density at radius 1 is 1.08 bits per heavy atom. The topological polar surface area (TPSA) is 92.5 Å². The van der Waals surface area contributed by atoms with Crippen LogP contribution in [0.5, 0.6) is 0 Å². The summed E-state index contributed by atoms with van der Waals surface area (Å²) >= 11 is 0. The van der Waals surface area contributed by atoms with E-state index in [2.05, 4.69) is 39.9 Å². The SMILES string of the molecule is Cc1cc(N2C(N)=NC(N)=NC23CCCCC3)ccc1N1CCOCC1. The Morgan fingerprint density at radius 2 is 1.81 bits per heavy atom. The lowest BCUT2D eigenvalue weighted by atomic mass is 9.87. The largest absolute Gasteiger partial charge is 0.378 e. The number of nitrogens with zero attached hydrogens (tertiary/aromatic N) is 4. The Bertz CT molecular complexity index is 732. The molecule has 2 heterocycles. The normalized spacial score (nSPS) is 23.0. The van der Waals surface area contributed by atoms with Gasteiger partial charge in [-0.1, -0.05) is 6.42 Å². The standard InChI is InChI=1S/C19H28N6O/c1-14-13-15(5-6-16(14)24-9-11-26-12-10-24)25-18(21)22-17(20)23-19(25)7-3-2-4-8-19/h5-6,13H,2-4,7-12H2,1H3,(H4,20,21,22,23). The van der Waals surface area contributed by atoms with Gasteiger partial charge in [-0.15, -0.1) is 0 Å². The van der Waals surface area contributed by atoms with Crippen molar-refractivity contribution in [3.05, 3.63) is 23.8 Å². The molecule has 0 amide bonds. The van der Waals surface area contributed by atoms with Crippen LogP contribution in [0.15, 0.2) is 28.2 Å². The van der Waals surface area contributed by atoms with Crippen molar-refractivity contribution in [2.24, 2.45) is 21.5 Å². The summed E-state index contributed by atoms with van der Waals surface area (Å²) in [5, 5.41) is 0. The van der Waals surface area contributed by atoms with Gasteiger partial charge in [-0.25, -0.2) is 4.99 Å². The number of guanidine groups is 2. The maximum absolute atomic E-state index is 6.33. The molecular formula is C19H28N6O. The molecule has 2 aliphatic heterocycles. The number of rotatable bonds is 2. The predicted octanol–water partition coefficient (Wildman–Crippen LogP) is 1.94. The van der Waals surface area contributed by atoms with Gasteiger partial charge in [0.15, 0.2) is 0 Å². The van der Waals surface area contributed by atoms with Crippen LogP contribution < -0.4 is 21.3 Å². The molecule has 26 heavy (non-hydrogen) atoms. The zero-order valence-electron chi connectivity index (χ0n) is 15.4. The van der Waals surface area contributed by atoms with Gasteiger partial charge in [-0.2, -0.15) is 4.99 Å². The molecule has 4 rings (SSSR count). The highest BCUT2D eigenvalue weighted by molar-refractivity contribution is 6.05. The summed E-state index contributed by atoms with van der Waals surface area (Å²) in [5.74, 6) is 0.736. The quantitative estimate of drug-likeness (QED) is 0.845. The molecule has 1 aromatic carbocycles. The number of nitrogens with two attached hydrogens (primary N) is 2. The Hall–Kier alpha value is -2.28. The molecule has 0 unspecified atom stereocenters. The lowest BCUT2D eigenvalue weighted by Gasteiger charge is -2.45. The summed E-state index contributed by atoms with van der Waals surface area (Å²) in [7, 11) is 0. The fraction of sp³-hybridized carbons (Fsp3) is 0.579. The third kappa shape index (κ3) is 3.00. The average molecular weight is 356 g/mol. The van der Waals surface area contributed by atoms with E-state index in [9.17, 15) is 0 Å². The molecule has 1 aliphatic carbocycles. The summed E-state index contributed by atoms with van der Waals surface area (Å²) in [6, 6.07) is 6.51. The minimum absolute atomic E-state index is 0.294. The van der Waals surface area contributed by atoms with Crippen LogP contribution in [0.4, 0.5) is 11.4 Å². The number of aliphatic imine (C=N–C) groups is 2. The van der Waals surface area contributed by atoms with Gasteiger partial charge >= 0.3 is 0 Å². The second kappa shape index (κ2) is 6.79. The van der Waals surface area contributed by atoms with Crippen LogP contribution in [0.25, 0.3) is 0 Å². The summed E-state index contributed by atoms with van der Waals surface area (Å²) < 4.78 is 5.47. The molecule has 0 atom stereocenters. The van der Waals surface area contributed by atoms with Gasteiger partial charge in [0.25, 0.3) is 0 Å². The van der Waals surface area contributed by atoms with E-state index >= 15 is 0 Å². The van der Waals surface area contributed by atoms with Gasteiger partial charge in [0.05, 0.1) is 13.2 Å². The molecule has 3 aliphatic rings. The van der Waals surface area contributed by atoms with E-state index in [0.29, 0.717) is 11.9 Å². The fourth-order valence-electron chi connectivity index (χ4n) is 4.43. The van der Waals surface area contributed by atoms with E-state index in [1.165, 1.54) is 17.7 Å². The molecule has 0 radical (unpaired) electrons. The van der Waals surface area contributed by atoms with Crippen LogP contribution in [0, 0.1) is 6.92 Å². The summed E-state index contributed by atoms with van der Waals surface area (Å²) in [5.41, 5.74) is 15.4. The van der Waals surface area contributed by atoms with Crippen LogP contribution >= 0.6 is 0 Å². The molecule has 1 spiro atoms. The maximum atomic E-state index is 6.33. The zero-order chi connectivity index (χ0) is 18.1. The summed E-state index contributed by atoms with van der Waals surface area (Å²) in [4.78, 5) is 13.5. The van der Waals surface area contributed by atoms with Gasteiger partial charge in [0.1, 0.15) is 5.66 Å². The van der Waals surface area contributed by atoms with Crippen LogP contribution in [0.3, 0.4) is 0 Å². The van der Waals surface area contributed by atoms with Gasteiger partial charge in [0, 0.05) is 24.5 Å². The first-order valence-electron chi connectivity index (χ1n) is 9.52. The number of hydrogen-bond donors (Lipinski definition) is 2. The van der Waals surface area contributed by atoms with Crippen molar-refractivity contribution in [3.63, 3.8) is 0 Å². The number of benzene rings is 1. The fourth-order valence-corrected chi connectivity index (χ4v) is 4.43. The van der Waals surface area contributed by atoms with E-state index in [4.69, 9.17) is 21.2 Å². The monoisotopic (exact) mass is 356 g/mol. The first-order valence-corrected chi connectivity index (χ1v) is 9.52. The third-order valence-corrected chi connectivity index (χ3v) is 5.64. The minimum Gasteiger partial charge on any atom is -0.378 e. The second-order valence-corrected chi connectivity index (χ2v) is 7.39. The third-order valence-electron chi connectivity index (χ3n) is 5.64. The lowest BCUT2D eigenvalue weighted by molar-refractivity contribution is 0.122. The number of anilines is 2. The van der Waals surface area contributed by atoms with E-state index in [1.807, 2.05) is 0 Å². The van der Waals surface area contributed by atoms with E-state index in [-0.39, 0.29) is 5.66 Å². The molecule has 140 valence electrons. The predicted molar refractivity (Wildman–Crippen MR) is 106 cm³/mol. The molecule has 4 N–H and O–H groups in total. The highest BCUT2D eigenvalue weighted by Gasteiger charge is 2.42. The van der Waals surface area contributed by atoms with Crippen molar-refractivity contribution in [1.82, 2.24) is 0 Å². The number of morpholine rings is 1. The highest BCUT2D eigenvalue weighted by atomic mass is 16.5. The molecule has 2 fully saturated rings. The van der Waals surface area contributed by atoms with Gasteiger partial charge < -0.3 is 21.1 Å². The van der Waals surface area contributed by atoms with Crippen molar-refractivity contribution in [2.45, 2.75) is 44.7 Å². The maximum Gasteiger partial charge on any atom is 0.220 e. The molecular weight excluding hydrogens is 328 g/mol. The summed E-state index contributed by atoms with van der Waals surface area (Å²) in [6.07, 6.45) is 5.40. The molecule has 7 heteroatoms. The van der Waals surface area contributed by atoms with E-state index in [1.54, 1.807) is 0 Å². The number of aryl methyl sites for hydroxylation is 1. The number of ether oxygens (including phenoxy) is 1. The van der Waals surface area contributed by atoms with Crippen LogP contribution in [0.1, 0.15) is 37.7 Å². The van der Waals surface area contributed by atoms with Crippen LogP contribution in [-0.2, 0) is 4.74 Å². The molecule has 1 aromatic rings. The Balaban J connectivity index is 1.68. The van der Waals surface area contributed by atoms with Gasteiger partial charge in [-0.05, 0) is 56.4 Å². The second-order valence-electron chi connectivity index (χ2n) is 7.39. The lowest BCUT2D eigenvalue weighted by Crippen LogP contribution is -2.58. The first kappa shape index (κ1) is 17.1. The van der Waals surface area contributed by atoms with Crippen molar-refractivity contribution < 1.29 is 4.74 Å². The minimum atomic E-state index is -0.388. The Kier molecular flexibility index (Phi) is 4.48. The van der Waals surface area contributed by atoms with E-state index < -0.39 is 0 Å². The van der Waals surface area contributed by atoms with Crippen molar-refractivity contribution in [1.29, 1.82) is 0 Å². The molecule has 1 saturated heterocycles. The van der Waals surface area contributed by atoms with Gasteiger partial charge in [0.2, 0.25) is 11.9 Å². The van der Waals surface area contributed by atoms with Crippen molar-refractivity contribution in [3.8, 4) is 0 Å². The Morgan fingerprint density at radius 3 is 2.50 bits per heavy atom. The van der Waals surface area contributed by atoms with Crippen molar-refractivity contribution >= 4 is 23.3 Å². The highest BCUT2D eigenvalue weighted by Crippen LogP contribution is 2.40. The van der Waals surface area contributed by atoms with Gasteiger partial charge in [-0.3, -0.25) is 4.90 Å². The molecule has 7 nitrogen and oxygen atoms in total. The summed E-state index contributed by atoms with van der Waals surface area (Å²) in [6.45, 7) is 5.57. The first-order chi connectivity index (χ1) is 12.6. The van der Waals surface area contributed by atoms with Crippen LogP contribution in [-0.4, -0.2) is 43.9 Å². The Labute approximate surface area is 154 Å². The smallest absolute Gasteiger partial charge is 0.220 e. The molecule has 0 aromatic heterocycles. The van der Waals surface area contributed by atoms with Crippen molar-refractivity contribution in [2.75, 3.05) is 36.1 Å². The molecule has 0 bridgehead atoms.